The van der Waals surface area contributed by atoms with Gasteiger partial charge >= 0.3 is 5.97 Å². The van der Waals surface area contributed by atoms with Crippen molar-refractivity contribution in [3.05, 3.63) is 0 Å². The first-order chi connectivity index (χ1) is 13.7. The number of carbonyl (C=O) groups is 4. The Morgan fingerprint density at radius 2 is 1.90 bits per heavy atom. The number of hydrogen-bond donors (Lipinski definition) is 1. The average molecular weight is 403 g/mol. The minimum Gasteiger partial charge on any atom is -0.481 e. The van der Waals surface area contributed by atoms with Crippen molar-refractivity contribution >= 4 is 23.3 Å². The van der Waals surface area contributed by atoms with Crippen LogP contribution in [0.25, 0.3) is 0 Å². The average Bonchev–Trinajstić information content (AvgIpc) is 3.07. The first-order valence-corrected chi connectivity index (χ1v) is 11.5. The first-order valence-electron chi connectivity index (χ1n) is 11.5. The van der Waals surface area contributed by atoms with Gasteiger partial charge in [0.1, 0.15) is 17.3 Å². The van der Waals surface area contributed by atoms with E-state index < -0.39 is 11.4 Å². The maximum absolute atomic E-state index is 13.6. The third kappa shape index (κ3) is 3.29. The summed E-state index contributed by atoms with van der Waals surface area (Å²) in [5.74, 6) is 0.503. The van der Waals surface area contributed by atoms with Crippen molar-refractivity contribution in [2.75, 3.05) is 0 Å². The molecule has 7 atom stereocenters. The highest BCUT2D eigenvalue weighted by Crippen LogP contribution is 2.65. The molecule has 4 fully saturated rings. The van der Waals surface area contributed by atoms with E-state index in [9.17, 15) is 19.2 Å². The van der Waals surface area contributed by atoms with Gasteiger partial charge in [0.25, 0.3) is 0 Å². The Kier molecular flexibility index (Phi) is 5.23. The van der Waals surface area contributed by atoms with Crippen LogP contribution in [0.4, 0.5) is 0 Å². The van der Waals surface area contributed by atoms with Crippen LogP contribution in [0.5, 0.6) is 0 Å². The summed E-state index contributed by atoms with van der Waals surface area (Å²) in [6.45, 7) is 4.29. The van der Waals surface area contributed by atoms with Crippen molar-refractivity contribution in [3.8, 4) is 0 Å². The zero-order chi connectivity index (χ0) is 21.0. The number of carbonyl (C=O) groups excluding carboxylic acids is 3. The standard InChI is InChI=1S/C24H34O5/c1-14(5-6-21(28)29)13-24-8-3-4-17(24)22-18(12-20(24)27)23(2)9-7-16(25)10-15(23)11-19(22)26/h14-15,17-18,22H,3-13H2,1-2H3,(H,28,29). The van der Waals surface area contributed by atoms with Gasteiger partial charge in [0.15, 0.2) is 0 Å². The summed E-state index contributed by atoms with van der Waals surface area (Å²) in [6.07, 6.45) is 7.08. The first kappa shape index (κ1) is 20.7. The number of Topliss-reactive ketones (excluding diaryl/α,β-unsaturated/α-hetero) is 3. The van der Waals surface area contributed by atoms with E-state index in [1.807, 2.05) is 0 Å². The van der Waals surface area contributed by atoms with Gasteiger partial charge in [-0.25, -0.2) is 0 Å². The maximum Gasteiger partial charge on any atom is 0.303 e. The molecule has 0 amide bonds. The Morgan fingerprint density at radius 3 is 2.62 bits per heavy atom. The molecule has 1 N–H and O–H groups in total. The van der Waals surface area contributed by atoms with Crippen molar-refractivity contribution in [1.82, 2.24) is 0 Å². The molecule has 4 saturated carbocycles. The molecule has 0 aromatic heterocycles. The molecule has 0 aromatic rings. The second-order valence-electron chi connectivity index (χ2n) is 10.8. The van der Waals surface area contributed by atoms with E-state index in [-0.39, 0.29) is 53.0 Å². The fourth-order valence-corrected chi connectivity index (χ4v) is 7.73. The van der Waals surface area contributed by atoms with E-state index in [2.05, 4.69) is 13.8 Å². The van der Waals surface area contributed by atoms with Gasteiger partial charge in [-0.3, -0.25) is 19.2 Å². The predicted octanol–water partition coefficient (Wildman–Crippen LogP) is 4.22. The Balaban J connectivity index is 1.62. The highest BCUT2D eigenvalue weighted by atomic mass is 16.4. The summed E-state index contributed by atoms with van der Waals surface area (Å²) in [5.41, 5.74) is -0.506. The summed E-state index contributed by atoms with van der Waals surface area (Å²) in [6, 6.07) is 0. The molecule has 0 aliphatic heterocycles. The molecule has 0 radical (unpaired) electrons. The summed E-state index contributed by atoms with van der Waals surface area (Å²) in [4.78, 5) is 50.0. The van der Waals surface area contributed by atoms with Crippen LogP contribution in [0, 0.1) is 40.4 Å². The number of carboxylic acid groups (broad SMARTS) is 1. The van der Waals surface area contributed by atoms with Crippen LogP contribution >= 0.6 is 0 Å². The normalized spacial score (nSPS) is 42.8. The monoisotopic (exact) mass is 402 g/mol. The van der Waals surface area contributed by atoms with Crippen molar-refractivity contribution in [2.24, 2.45) is 40.4 Å². The fourth-order valence-electron chi connectivity index (χ4n) is 7.73. The Labute approximate surface area is 173 Å². The molecule has 4 aliphatic rings. The number of hydrogen-bond acceptors (Lipinski definition) is 4. The molecular formula is C24H34O5. The molecule has 0 bridgehead atoms. The second kappa shape index (κ2) is 7.31. The van der Waals surface area contributed by atoms with Gasteiger partial charge in [-0.05, 0) is 61.2 Å². The van der Waals surface area contributed by atoms with Crippen LogP contribution in [-0.2, 0) is 19.2 Å². The highest BCUT2D eigenvalue weighted by molar-refractivity contribution is 5.93. The van der Waals surface area contributed by atoms with Crippen molar-refractivity contribution < 1.29 is 24.3 Å². The van der Waals surface area contributed by atoms with Crippen molar-refractivity contribution in [2.45, 2.75) is 84.5 Å². The number of carboxylic acids is 1. The lowest BCUT2D eigenvalue weighted by atomic mass is 9.44. The van der Waals surface area contributed by atoms with E-state index in [0.717, 1.165) is 32.1 Å². The predicted molar refractivity (Wildman–Crippen MR) is 107 cm³/mol. The molecule has 0 spiro atoms. The van der Waals surface area contributed by atoms with Crippen LogP contribution in [0.3, 0.4) is 0 Å². The zero-order valence-electron chi connectivity index (χ0n) is 17.7. The largest absolute Gasteiger partial charge is 0.481 e. The van der Waals surface area contributed by atoms with Gasteiger partial charge in [-0.1, -0.05) is 20.3 Å². The van der Waals surface area contributed by atoms with Crippen LogP contribution in [-0.4, -0.2) is 28.4 Å². The van der Waals surface area contributed by atoms with Crippen LogP contribution < -0.4 is 0 Å². The summed E-state index contributed by atoms with van der Waals surface area (Å²) in [5, 5.41) is 9.02. The third-order valence-electron chi connectivity index (χ3n) is 9.25. The molecule has 4 rings (SSSR count). The van der Waals surface area contributed by atoms with E-state index in [4.69, 9.17) is 5.11 Å². The van der Waals surface area contributed by atoms with Gasteiger partial charge in [0, 0.05) is 43.4 Å². The van der Waals surface area contributed by atoms with Gasteiger partial charge in [0.05, 0.1) is 0 Å². The number of fused-ring (bicyclic) bond motifs is 5. The van der Waals surface area contributed by atoms with Gasteiger partial charge < -0.3 is 5.11 Å². The number of aliphatic carboxylic acids is 1. The minimum atomic E-state index is -0.791. The lowest BCUT2D eigenvalue weighted by Gasteiger charge is -2.58. The molecule has 0 heterocycles. The maximum atomic E-state index is 13.6. The lowest BCUT2D eigenvalue weighted by molar-refractivity contribution is -0.165. The van der Waals surface area contributed by atoms with Gasteiger partial charge in [-0.15, -0.1) is 0 Å². The molecule has 0 aromatic carbocycles. The molecule has 160 valence electrons. The van der Waals surface area contributed by atoms with Crippen LogP contribution in [0.1, 0.15) is 84.5 Å². The Morgan fingerprint density at radius 1 is 1.14 bits per heavy atom. The topological polar surface area (TPSA) is 88.5 Å². The van der Waals surface area contributed by atoms with E-state index in [1.54, 1.807) is 0 Å². The van der Waals surface area contributed by atoms with E-state index in [1.165, 1.54) is 0 Å². The zero-order valence-corrected chi connectivity index (χ0v) is 17.7. The summed E-state index contributed by atoms with van der Waals surface area (Å²) in [7, 11) is 0. The molecule has 5 heteroatoms. The Bertz CT molecular complexity index is 742. The number of ketones is 3. The van der Waals surface area contributed by atoms with E-state index in [0.29, 0.717) is 37.9 Å². The van der Waals surface area contributed by atoms with Crippen molar-refractivity contribution in [3.63, 3.8) is 0 Å². The Hall–Kier alpha value is -1.52. The summed E-state index contributed by atoms with van der Waals surface area (Å²) >= 11 is 0. The molecule has 29 heavy (non-hydrogen) atoms. The van der Waals surface area contributed by atoms with E-state index >= 15 is 0 Å². The molecular weight excluding hydrogens is 368 g/mol. The quantitative estimate of drug-likeness (QED) is 0.744. The smallest absolute Gasteiger partial charge is 0.303 e. The van der Waals surface area contributed by atoms with Gasteiger partial charge in [-0.2, -0.15) is 0 Å². The molecule has 4 aliphatic carbocycles. The second-order valence-corrected chi connectivity index (χ2v) is 10.8. The fraction of sp³-hybridized carbons (Fsp3) is 0.833. The molecule has 7 unspecified atom stereocenters. The SMILES string of the molecule is CC(CCC(=O)O)CC12CCCC1C1C(=O)CC3CC(=O)CCC3(C)C1CC2=O. The lowest BCUT2D eigenvalue weighted by Crippen LogP contribution is -2.59. The minimum absolute atomic E-state index is 0.0451. The number of rotatable bonds is 5. The molecule has 5 nitrogen and oxygen atoms in total. The summed E-state index contributed by atoms with van der Waals surface area (Å²) < 4.78 is 0. The van der Waals surface area contributed by atoms with Crippen LogP contribution in [0.15, 0.2) is 0 Å². The van der Waals surface area contributed by atoms with Gasteiger partial charge in [0.2, 0.25) is 0 Å². The highest BCUT2D eigenvalue weighted by Gasteiger charge is 2.64. The van der Waals surface area contributed by atoms with Crippen molar-refractivity contribution in [1.29, 1.82) is 0 Å². The third-order valence-corrected chi connectivity index (χ3v) is 9.25. The molecule has 0 saturated heterocycles. The van der Waals surface area contributed by atoms with Crippen LogP contribution in [0.2, 0.25) is 0 Å².